The van der Waals surface area contributed by atoms with E-state index >= 15 is 0 Å². The topological polar surface area (TPSA) is 65.1 Å². The molecule has 2 aromatic carbocycles. The number of ether oxygens (including phenoxy) is 3. The van der Waals surface area contributed by atoms with Gasteiger partial charge in [-0.25, -0.2) is 0 Å². The van der Waals surface area contributed by atoms with Crippen LogP contribution in [0.5, 0.6) is 17.2 Å². The highest BCUT2D eigenvalue weighted by Crippen LogP contribution is 2.40. The third-order valence-electron chi connectivity index (χ3n) is 4.30. The fourth-order valence-electron chi connectivity index (χ4n) is 2.95. The molecule has 2 aliphatic rings. The second-order valence-electron chi connectivity index (χ2n) is 6.18. The number of hydrogen-bond acceptors (Lipinski definition) is 6. The molecule has 0 aromatic heterocycles. The molecule has 4 rings (SSSR count). The van der Waals surface area contributed by atoms with Crippen LogP contribution in [0.3, 0.4) is 0 Å². The molecule has 2 aromatic rings. The number of carbonyl (C=O) groups is 2. The van der Waals surface area contributed by atoms with Crippen molar-refractivity contribution in [1.29, 1.82) is 0 Å². The summed E-state index contributed by atoms with van der Waals surface area (Å²) in [5.41, 5.74) is 1.23. The Kier molecular flexibility index (Phi) is 5.63. The molecule has 0 unspecified atom stereocenters. The Balaban J connectivity index is 1.60. The maximum Gasteiger partial charge on any atom is 0.293 e. The fourth-order valence-corrected chi connectivity index (χ4v) is 4.17. The van der Waals surface area contributed by atoms with E-state index in [1.54, 1.807) is 36.4 Å². The van der Waals surface area contributed by atoms with Crippen molar-refractivity contribution in [3.05, 3.63) is 56.4 Å². The predicted molar refractivity (Wildman–Crippen MR) is 112 cm³/mol. The highest BCUT2D eigenvalue weighted by atomic mass is 35.5. The Morgan fingerprint density at radius 2 is 1.93 bits per heavy atom. The van der Waals surface area contributed by atoms with Gasteiger partial charge in [-0.15, -0.1) is 0 Å². The van der Waals surface area contributed by atoms with Crippen molar-refractivity contribution in [2.24, 2.45) is 0 Å². The minimum Gasteiger partial charge on any atom is -0.493 e. The number of amides is 2. The normalized spacial score (nSPS) is 16.8. The highest BCUT2D eigenvalue weighted by Gasteiger charge is 2.36. The maximum atomic E-state index is 12.9. The van der Waals surface area contributed by atoms with Gasteiger partial charge in [-0.3, -0.25) is 14.5 Å². The zero-order valence-electron chi connectivity index (χ0n) is 15.2. The van der Waals surface area contributed by atoms with Crippen molar-refractivity contribution in [3.8, 4) is 17.2 Å². The molecule has 0 spiro atoms. The van der Waals surface area contributed by atoms with Gasteiger partial charge in [0, 0.05) is 21.7 Å². The summed E-state index contributed by atoms with van der Waals surface area (Å²) in [6, 6.07) is 8.43. The van der Waals surface area contributed by atoms with Gasteiger partial charge in [0.15, 0.2) is 11.5 Å². The molecule has 0 atom stereocenters. The van der Waals surface area contributed by atoms with Crippen molar-refractivity contribution in [2.45, 2.75) is 13.5 Å². The van der Waals surface area contributed by atoms with Crippen LogP contribution in [-0.4, -0.2) is 29.4 Å². The van der Waals surface area contributed by atoms with E-state index in [9.17, 15) is 9.59 Å². The first-order chi connectivity index (χ1) is 14.0. The Morgan fingerprint density at radius 1 is 1.17 bits per heavy atom. The van der Waals surface area contributed by atoms with Gasteiger partial charge in [-0.2, -0.15) is 0 Å². The van der Waals surface area contributed by atoms with Crippen molar-refractivity contribution in [1.82, 2.24) is 4.90 Å². The highest BCUT2D eigenvalue weighted by molar-refractivity contribution is 8.18. The molecule has 1 saturated heterocycles. The van der Waals surface area contributed by atoms with Crippen LogP contribution >= 0.6 is 35.0 Å². The largest absolute Gasteiger partial charge is 0.493 e. The molecule has 0 saturated carbocycles. The van der Waals surface area contributed by atoms with Crippen LogP contribution in [-0.2, 0) is 11.3 Å². The van der Waals surface area contributed by atoms with Gasteiger partial charge in [0.1, 0.15) is 5.75 Å². The number of imide groups is 1. The van der Waals surface area contributed by atoms with Gasteiger partial charge < -0.3 is 14.2 Å². The first kappa shape index (κ1) is 19.9. The maximum absolute atomic E-state index is 12.9. The fraction of sp³-hybridized carbons (Fsp3) is 0.200. The molecule has 0 radical (unpaired) electrons. The SMILES string of the molecule is CCOc1ccc(Cl)cc1/C=C1\SC(=O)N(Cc2cc3c(cc2Cl)OCO3)C1=O. The first-order valence-electron chi connectivity index (χ1n) is 8.72. The van der Waals surface area contributed by atoms with Gasteiger partial charge in [0.05, 0.1) is 18.1 Å². The average Bonchev–Trinajstić information content (AvgIpc) is 3.23. The molecule has 29 heavy (non-hydrogen) atoms. The molecule has 2 heterocycles. The molecule has 9 heteroatoms. The van der Waals surface area contributed by atoms with E-state index in [1.807, 2.05) is 6.92 Å². The summed E-state index contributed by atoms with van der Waals surface area (Å²) >= 11 is 13.2. The third kappa shape index (κ3) is 4.03. The summed E-state index contributed by atoms with van der Waals surface area (Å²) < 4.78 is 16.2. The molecule has 2 amide bonds. The standard InChI is InChI=1S/C20H15Cl2NO5S/c1-2-26-15-4-3-13(21)5-11(15)7-18-19(24)23(20(25)29-18)9-12-6-16-17(8-14(12)22)28-10-27-16/h3-8H,2,9-10H2,1H3/b18-7-. The number of thioether (sulfide) groups is 1. The Labute approximate surface area is 181 Å². The zero-order chi connectivity index (χ0) is 20.5. The molecule has 0 bridgehead atoms. The third-order valence-corrected chi connectivity index (χ3v) is 5.80. The first-order valence-corrected chi connectivity index (χ1v) is 10.3. The number of benzene rings is 2. The smallest absolute Gasteiger partial charge is 0.293 e. The lowest BCUT2D eigenvalue weighted by molar-refractivity contribution is -0.123. The monoisotopic (exact) mass is 451 g/mol. The minimum absolute atomic E-state index is 0.0331. The van der Waals surface area contributed by atoms with Crippen LogP contribution < -0.4 is 14.2 Å². The van der Waals surface area contributed by atoms with E-state index in [4.69, 9.17) is 37.4 Å². The lowest BCUT2D eigenvalue weighted by atomic mass is 10.1. The van der Waals surface area contributed by atoms with Crippen molar-refractivity contribution in [2.75, 3.05) is 13.4 Å². The summed E-state index contributed by atoms with van der Waals surface area (Å²) in [4.78, 5) is 26.8. The van der Waals surface area contributed by atoms with Crippen molar-refractivity contribution >= 4 is 52.2 Å². The number of rotatable bonds is 5. The molecule has 0 aliphatic carbocycles. The summed E-state index contributed by atoms with van der Waals surface area (Å²) in [6.45, 7) is 2.47. The number of halogens is 2. The number of nitrogens with zero attached hydrogens (tertiary/aromatic N) is 1. The van der Waals surface area contributed by atoms with E-state index in [0.29, 0.717) is 45.0 Å². The molecular formula is C20H15Cl2NO5S. The molecular weight excluding hydrogens is 437 g/mol. The van der Waals surface area contributed by atoms with Crippen LogP contribution in [0.25, 0.3) is 6.08 Å². The van der Waals surface area contributed by atoms with Gasteiger partial charge >= 0.3 is 0 Å². The van der Waals surface area contributed by atoms with Crippen LogP contribution in [0.15, 0.2) is 35.2 Å². The second-order valence-corrected chi connectivity index (χ2v) is 8.02. The molecule has 0 N–H and O–H groups in total. The van der Waals surface area contributed by atoms with Crippen LogP contribution in [0.4, 0.5) is 4.79 Å². The van der Waals surface area contributed by atoms with Crippen LogP contribution in [0, 0.1) is 0 Å². The zero-order valence-corrected chi connectivity index (χ0v) is 17.6. The molecule has 1 fully saturated rings. The number of fused-ring (bicyclic) bond motifs is 1. The van der Waals surface area contributed by atoms with E-state index in [-0.39, 0.29) is 23.5 Å². The van der Waals surface area contributed by atoms with Gasteiger partial charge in [-0.05, 0) is 54.6 Å². The minimum atomic E-state index is -0.406. The lowest BCUT2D eigenvalue weighted by Gasteiger charge is -2.14. The van der Waals surface area contributed by atoms with Crippen molar-refractivity contribution < 1.29 is 23.8 Å². The van der Waals surface area contributed by atoms with Gasteiger partial charge in [-0.1, -0.05) is 23.2 Å². The van der Waals surface area contributed by atoms with Crippen LogP contribution in [0.1, 0.15) is 18.1 Å². The quantitative estimate of drug-likeness (QED) is 0.570. The summed E-state index contributed by atoms with van der Waals surface area (Å²) in [7, 11) is 0. The Morgan fingerprint density at radius 3 is 2.69 bits per heavy atom. The summed E-state index contributed by atoms with van der Waals surface area (Å²) in [5, 5.41) is 0.520. The Bertz CT molecular complexity index is 1040. The Hall–Kier alpha value is -2.35. The molecule has 2 aliphatic heterocycles. The second kappa shape index (κ2) is 8.18. The van der Waals surface area contributed by atoms with E-state index in [1.165, 1.54) is 0 Å². The van der Waals surface area contributed by atoms with E-state index in [2.05, 4.69) is 0 Å². The van der Waals surface area contributed by atoms with E-state index in [0.717, 1.165) is 16.7 Å². The summed E-state index contributed by atoms with van der Waals surface area (Å²) in [5.74, 6) is 1.25. The predicted octanol–water partition coefficient (Wildman–Crippen LogP) is 5.36. The lowest BCUT2D eigenvalue weighted by Crippen LogP contribution is -2.27. The van der Waals surface area contributed by atoms with E-state index < -0.39 is 5.91 Å². The number of carbonyl (C=O) groups excluding carboxylic acids is 2. The van der Waals surface area contributed by atoms with Crippen molar-refractivity contribution in [3.63, 3.8) is 0 Å². The number of hydrogen-bond donors (Lipinski definition) is 0. The average molecular weight is 452 g/mol. The van der Waals surface area contributed by atoms with Gasteiger partial charge in [0.25, 0.3) is 11.1 Å². The van der Waals surface area contributed by atoms with Gasteiger partial charge in [0.2, 0.25) is 6.79 Å². The molecule has 150 valence electrons. The van der Waals surface area contributed by atoms with Crippen LogP contribution in [0.2, 0.25) is 10.0 Å². The summed E-state index contributed by atoms with van der Waals surface area (Å²) in [6.07, 6.45) is 1.61. The molecule has 6 nitrogen and oxygen atoms in total.